The molecule has 0 bridgehead atoms. The highest BCUT2D eigenvalue weighted by Crippen LogP contribution is 2.33. The lowest BCUT2D eigenvalue weighted by molar-refractivity contribution is -0.115. The van der Waals surface area contributed by atoms with E-state index >= 15 is 0 Å². The molecule has 1 aliphatic heterocycles. The van der Waals surface area contributed by atoms with Crippen molar-refractivity contribution >= 4 is 45.3 Å². The Labute approximate surface area is 168 Å². The van der Waals surface area contributed by atoms with Gasteiger partial charge in [0.1, 0.15) is 6.04 Å². The third-order valence-corrected chi connectivity index (χ3v) is 5.29. The second kappa shape index (κ2) is 7.93. The molecule has 3 aromatic rings. The molecule has 3 heterocycles. The number of carbonyl (C=O) groups excluding carboxylic acids is 1. The number of amidine groups is 1. The van der Waals surface area contributed by atoms with Gasteiger partial charge >= 0.3 is 0 Å². The molecule has 2 aromatic heterocycles. The number of halogens is 1. The Hall–Kier alpha value is -2.65. The molecule has 1 unspecified atom stereocenters. The minimum absolute atomic E-state index is 0.203. The van der Waals surface area contributed by atoms with E-state index in [1.807, 2.05) is 48.7 Å². The average molecular weight is 443 g/mol. The Morgan fingerprint density at radius 2 is 2.19 bits per heavy atom. The van der Waals surface area contributed by atoms with Crippen molar-refractivity contribution in [2.75, 3.05) is 6.54 Å². The van der Waals surface area contributed by atoms with Gasteiger partial charge in [-0.15, -0.1) is 0 Å². The molecule has 0 spiro atoms. The van der Waals surface area contributed by atoms with Crippen LogP contribution in [0.25, 0.3) is 0 Å². The van der Waals surface area contributed by atoms with E-state index in [1.54, 1.807) is 17.1 Å². The molecule has 4 rings (SSSR count). The summed E-state index contributed by atoms with van der Waals surface area (Å²) in [4.78, 5) is 22.4. The highest BCUT2D eigenvalue weighted by atomic mass is 79.9. The number of nitrogens with one attached hydrogen (secondary N) is 2. The molecule has 1 aliphatic rings. The zero-order chi connectivity index (χ0) is 18.6. The number of hydrogen-bond donors (Lipinski definition) is 2. The Balaban J connectivity index is 1.50. The van der Waals surface area contributed by atoms with E-state index in [4.69, 9.17) is 0 Å². The number of aromatic nitrogens is 3. The van der Waals surface area contributed by atoms with Crippen molar-refractivity contribution in [3.63, 3.8) is 0 Å². The first-order valence-electron chi connectivity index (χ1n) is 8.20. The van der Waals surface area contributed by atoms with Crippen molar-refractivity contribution in [3.05, 3.63) is 71.2 Å². The van der Waals surface area contributed by atoms with Gasteiger partial charge in [-0.3, -0.25) is 14.5 Å². The fourth-order valence-electron chi connectivity index (χ4n) is 2.65. The van der Waals surface area contributed by atoms with Gasteiger partial charge in [0.25, 0.3) is 5.91 Å². The van der Waals surface area contributed by atoms with Crippen LogP contribution in [0.4, 0.5) is 5.69 Å². The van der Waals surface area contributed by atoms with E-state index in [2.05, 4.69) is 41.0 Å². The van der Waals surface area contributed by atoms with Gasteiger partial charge in [-0.2, -0.15) is 5.10 Å². The fourth-order valence-corrected chi connectivity index (χ4v) is 3.91. The number of aliphatic imine (C=N–C) groups is 1. The van der Waals surface area contributed by atoms with Gasteiger partial charge in [0.2, 0.25) is 5.84 Å². The Morgan fingerprint density at radius 3 is 2.96 bits per heavy atom. The molecule has 1 atom stereocenters. The predicted molar refractivity (Wildman–Crippen MR) is 108 cm³/mol. The van der Waals surface area contributed by atoms with Gasteiger partial charge in [0.05, 0.1) is 16.3 Å². The predicted octanol–water partition coefficient (Wildman–Crippen LogP) is 3.09. The summed E-state index contributed by atoms with van der Waals surface area (Å²) in [6.07, 6.45) is 5.29. The number of nitrogens with zero attached hydrogens (tertiary/aromatic N) is 4. The second-order valence-electron chi connectivity index (χ2n) is 5.74. The number of pyridine rings is 1. The highest BCUT2D eigenvalue weighted by Gasteiger charge is 2.21. The minimum atomic E-state index is -0.274. The molecule has 0 saturated heterocycles. The number of benzene rings is 1. The molecule has 1 amide bonds. The first-order valence-corrected chi connectivity index (χ1v) is 9.81. The van der Waals surface area contributed by atoms with E-state index in [1.165, 1.54) is 11.9 Å². The SMILES string of the molecule is O=C(NCC(c1ccccn1)n1cccn1)C1=Nc2ccc(Br)cc2SN1. The highest BCUT2D eigenvalue weighted by molar-refractivity contribution is 9.10. The van der Waals surface area contributed by atoms with Crippen LogP contribution in [-0.2, 0) is 4.79 Å². The normalized spacial score (nSPS) is 13.9. The van der Waals surface area contributed by atoms with Gasteiger partial charge < -0.3 is 10.0 Å². The maximum absolute atomic E-state index is 12.6. The zero-order valence-corrected chi connectivity index (χ0v) is 16.4. The lowest BCUT2D eigenvalue weighted by atomic mass is 10.2. The molecular weight excluding hydrogens is 428 g/mol. The molecule has 0 fully saturated rings. The monoisotopic (exact) mass is 442 g/mol. The lowest BCUT2D eigenvalue weighted by Gasteiger charge is -2.20. The maximum atomic E-state index is 12.6. The Kier molecular flexibility index (Phi) is 5.21. The van der Waals surface area contributed by atoms with Gasteiger partial charge in [-0.05, 0) is 48.3 Å². The van der Waals surface area contributed by atoms with Crippen LogP contribution in [0, 0.1) is 0 Å². The molecule has 9 heteroatoms. The van der Waals surface area contributed by atoms with Gasteiger partial charge in [-0.25, -0.2) is 4.99 Å². The molecule has 27 heavy (non-hydrogen) atoms. The van der Waals surface area contributed by atoms with Crippen molar-refractivity contribution in [3.8, 4) is 0 Å². The summed E-state index contributed by atoms with van der Waals surface area (Å²) in [6, 6.07) is 13.1. The van der Waals surface area contributed by atoms with Gasteiger partial charge in [0.15, 0.2) is 0 Å². The topological polar surface area (TPSA) is 84.2 Å². The van der Waals surface area contributed by atoms with E-state index in [-0.39, 0.29) is 17.8 Å². The molecule has 7 nitrogen and oxygen atoms in total. The third kappa shape index (κ3) is 4.04. The Morgan fingerprint density at radius 1 is 1.26 bits per heavy atom. The zero-order valence-electron chi connectivity index (χ0n) is 14.0. The van der Waals surface area contributed by atoms with Crippen LogP contribution in [0.5, 0.6) is 0 Å². The van der Waals surface area contributed by atoms with E-state index in [9.17, 15) is 4.79 Å². The van der Waals surface area contributed by atoms with Crippen LogP contribution >= 0.6 is 27.9 Å². The second-order valence-corrected chi connectivity index (χ2v) is 7.51. The van der Waals surface area contributed by atoms with Gasteiger partial charge in [-0.1, -0.05) is 22.0 Å². The van der Waals surface area contributed by atoms with Crippen molar-refractivity contribution in [2.45, 2.75) is 10.9 Å². The van der Waals surface area contributed by atoms with Crippen LogP contribution in [0.2, 0.25) is 0 Å². The fraction of sp³-hybridized carbons (Fsp3) is 0.111. The average Bonchev–Trinajstić information content (AvgIpc) is 3.23. The van der Waals surface area contributed by atoms with E-state index in [0.717, 1.165) is 20.7 Å². The quantitative estimate of drug-likeness (QED) is 0.593. The number of fused-ring (bicyclic) bond motifs is 1. The molecular formula is C18H15BrN6OS. The summed E-state index contributed by atoms with van der Waals surface area (Å²) in [5, 5.41) is 7.22. The summed E-state index contributed by atoms with van der Waals surface area (Å²) in [7, 11) is 0. The van der Waals surface area contributed by atoms with Crippen LogP contribution in [0.1, 0.15) is 11.7 Å². The van der Waals surface area contributed by atoms with Gasteiger partial charge in [0, 0.05) is 29.6 Å². The Bertz CT molecular complexity index is 977. The van der Waals surface area contributed by atoms with E-state index < -0.39 is 0 Å². The standard InChI is InChI=1S/C18H15BrN6OS/c19-12-5-6-14-16(10-12)27-24-17(23-14)18(26)21-11-15(25-9-3-8-22-25)13-4-1-2-7-20-13/h1-10,15H,11H2,(H,21,26)(H,23,24). The van der Waals surface area contributed by atoms with Crippen molar-refractivity contribution < 1.29 is 4.79 Å². The van der Waals surface area contributed by atoms with Crippen LogP contribution < -0.4 is 10.0 Å². The minimum Gasteiger partial charge on any atom is -0.347 e. The first-order chi connectivity index (χ1) is 13.2. The smallest absolute Gasteiger partial charge is 0.287 e. The summed E-state index contributed by atoms with van der Waals surface area (Å²) in [6.45, 7) is 0.343. The van der Waals surface area contributed by atoms with E-state index in [0.29, 0.717) is 6.54 Å². The van der Waals surface area contributed by atoms with Crippen LogP contribution in [0.3, 0.4) is 0 Å². The molecule has 0 radical (unpaired) electrons. The number of hydrogen-bond acceptors (Lipinski definition) is 6. The number of carbonyl (C=O) groups is 1. The van der Waals surface area contributed by atoms with Crippen LogP contribution in [0.15, 0.2) is 75.4 Å². The number of rotatable bonds is 5. The molecule has 1 aromatic carbocycles. The summed E-state index contributed by atoms with van der Waals surface area (Å²) >= 11 is 4.80. The largest absolute Gasteiger partial charge is 0.347 e. The molecule has 0 aliphatic carbocycles. The first kappa shape index (κ1) is 17.7. The molecule has 136 valence electrons. The number of amides is 1. The van der Waals surface area contributed by atoms with Crippen molar-refractivity contribution in [2.24, 2.45) is 4.99 Å². The summed E-state index contributed by atoms with van der Waals surface area (Å²) in [5.41, 5.74) is 1.59. The summed E-state index contributed by atoms with van der Waals surface area (Å²) in [5.74, 6) is -0.000727. The third-order valence-electron chi connectivity index (χ3n) is 3.96. The molecule has 2 N–H and O–H groups in total. The van der Waals surface area contributed by atoms with Crippen molar-refractivity contribution in [1.29, 1.82) is 0 Å². The van der Waals surface area contributed by atoms with Crippen molar-refractivity contribution in [1.82, 2.24) is 24.8 Å². The molecule has 0 saturated carbocycles. The maximum Gasteiger partial charge on any atom is 0.287 e. The van der Waals surface area contributed by atoms with Crippen LogP contribution in [-0.4, -0.2) is 33.1 Å². The summed E-state index contributed by atoms with van der Waals surface area (Å²) < 4.78 is 5.74. The lowest BCUT2D eigenvalue weighted by Crippen LogP contribution is -2.41.